The number of hydrogen-bond donors (Lipinski definition) is 2. The van der Waals surface area contributed by atoms with Crippen LogP contribution in [0.3, 0.4) is 0 Å². The Bertz CT molecular complexity index is 651. The van der Waals surface area contributed by atoms with Crippen LogP contribution in [-0.4, -0.2) is 25.7 Å². The average molecular weight is 312 g/mol. The van der Waals surface area contributed by atoms with Gasteiger partial charge in [-0.3, -0.25) is 0 Å². The van der Waals surface area contributed by atoms with E-state index in [2.05, 4.69) is 19.2 Å². The maximum absolute atomic E-state index is 11.5. The molecule has 1 unspecified atom stereocenters. The highest BCUT2D eigenvalue weighted by Crippen LogP contribution is 2.39. The van der Waals surface area contributed by atoms with Gasteiger partial charge in [-0.05, 0) is 58.7 Å². The fourth-order valence-electron chi connectivity index (χ4n) is 2.91. The van der Waals surface area contributed by atoms with Crippen molar-refractivity contribution < 1.29 is 13.2 Å². The van der Waals surface area contributed by atoms with Crippen LogP contribution >= 0.6 is 0 Å². The van der Waals surface area contributed by atoms with Crippen molar-refractivity contribution in [3.05, 3.63) is 23.8 Å². The molecule has 0 bridgehead atoms. The van der Waals surface area contributed by atoms with Crippen molar-refractivity contribution in [2.45, 2.75) is 63.2 Å². The van der Waals surface area contributed by atoms with Gasteiger partial charge >= 0.3 is 0 Å². The summed E-state index contributed by atoms with van der Waals surface area (Å²) in [5.41, 5.74) is 1.23. The molecule has 1 atom stereocenters. The molecule has 1 saturated heterocycles. The number of sulfonamides is 1. The van der Waals surface area contributed by atoms with Crippen molar-refractivity contribution in [2.75, 3.05) is 5.32 Å². The summed E-state index contributed by atoms with van der Waals surface area (Å²) in [4.78, 5) is 0.117. The molecule has 0 spiro atoms. The van der Waals surface area contributed by atoms with E-state index in [9.17, 15) is 8.42 Å². The summed E-state index contributed by atoms with van der Waals surface area (Å²) >= 11 is 0. The maximum Gasteiger partial charge on any atom is 0.238 e. The van der Waals surface area contributed by atoms with Gasteiger partial charge in [-0.25, -0.2) is 13.6 Å². The van der Waals surface area contributed by atoms with E-state index in [1.807, 2.05) is 20.8 Å². The van der Waals surface area contributed by atoms with Crippen molar-refractivity contribution in [3.63, 3.8) is 0 Å². The van der Waals surface area contributed by atoms with Gasteiger partial charge in [-0.15, -0.1) is 0 Å². The van der Waals surface area contributed by atoms with Crippen LogP contribution in [0, 0.1) is 6.92 Å². The molecule has 1 aromatic carbocycles. The summed E-state index contributed by atoms with van der Waals surface area (Å²) in [5, 5.41) is 8.62. The molecule has 0 aromatic heterocycles. The van der Waals surface area contributed by atoms with E-state index >= 15 is 0 Å². The maximum atomic E-state index is 11.5. The zero-order valence-electron chi connectivity index (χ0n) is 13.2. The molecule has 21 heavy (non-hydrogen) atoms. The van der Waals surface area contributed by atoms with E-state index in [1.54, 1.807) is 12.1 Å². The van der Waals surface area contributed by atoms with Gasteiger partial charge < -0.3 is 10.1 Å². The van der Waals surface area contributed by atoms with Crippen LogP contribution in [0.5, 0.6) is 0 Å². The van der Waals surface area contributed by atoms with E-state index in [4.69, 9.17) is 9.88 Å². The minimum atomic E-state index is -3.70. The predicted molar refractivity (Wildman–Crippen MR) is 83.8 cm³/mol. The lowest BCUT2D eigenvalue weighted by atomic mass is 9.94. The van der Waals surface area contributed by atoms with Gasteiger partial charge in [-0.2, -0.15) is 0 Å². The SMILES string of the molecule is Cc1ccc(S(N)(=O)=O)cc1NC1CC(C)(C)OC1(C)C. The highest BCUT2D eigenvalue weighted by molar-refractivity contribution is 7.89. The lowest BCUT2D eigenvalue weighted by molar-refractivity contribution is -0.0662. The smallest absolute Gasteiger partial charge is 0.238 e. The van der Waals surface area contributed by atoms with Crippen molar-refractivity contribution in [1.29, 1.82) is 0 Å². The Kier molecular flexibility index (Phi) is 3.85. The fourth-order valence-corrected chi connectivity index (χ4v) is 3.45. The molecule has 118 valence electrons. The molecule has 2 rings (SSSR count). The highest BCUT2D eigenvalue weighted by Gasteiger charge is 2.45. The van der Waals surface area contributed by atoms with Gasteiger partial charge in [0.25, 0.3) is 0 Å². The quantitative estimate of drug-likeness (QED) is 0.898. The first-order valence-electron chi connectivity index (χ1n) is 7.01. The molecule has 5 nitrogen and oxygen atoms in total. The molecule has 1 aliphatic rings. The second-order valence-corrected chi connectivity index (χ2v) is 8.45. The third-order valence-corrected chi connectivity index (χ3v) is 4.85. The first-order valence-corrected chi connectivity index (χ1v) is 8.55. The summed E-state index contributed by atoms with van der Waals surface area (Å²) in [6.07, 6.45) is 0.846. The number of rotatable bonds is 3. The van der Waals surface area contributed by atoms with Crippen LogP contribution < -0.4 is 10.5 Å². The fraction of sp³-hybridized carbons (Fsp3) is 0.600. The molecule has 1 aromatic rings. The first kappa shape index (κ1) is 16.3. The van der Waals surface area contributed by atoms with Crippen molar-refractivity contribution >= 4 is 15.7 Å². The molecule has 1 fully saturated rings. The second kappa shape index (κ2) is 4.97. The Balaban J connectivity index is 2.32. The Morgan fingerprint density at radius 2 is 1.90 bits per heavy atom. The summed E-state index contributed by atoms with van der Waals surface area (Å²) in [5.74, 6) is 0. The van der Waals surface area contributed by atoms with Crippen LogP contribution in [0.2, 0.25) is 0 Å². The molecule has 0 amide bonds. The number of primary sulfonamides is 1. The molecule has 3 N–H and O–H groups in total. The predicted octanol–water partition coefficient (Wildman–Crippen LogP) is 2.40. The minimum absolute atomic E-state index is 0.0990. The molecule has 1 heterocycles. The Hall–Kier alpha value is -1.11. The van der Waals surface area contributed by atoms with Gasteiger partial charge in [0.05, 0.1) is 22.1 Å². The van der Waals surface area contributed by atoms with Gasteiger partial charge in [0.1, 0.15) is 0 Å². The molecular weight excluding hydrogens is 288 g/mol. The Labute approximate surface area is 126 Å². The van der Waals surface area contributed by atoms with E-state index in [1.165, 1.54) is 6.07 Å². The standard InChI is InChI=1S/C15H24N2O3S/c1-10-6-7-11(21(16,18)19)8-12(10)17-13-9-14(2,3)20-15(13,4)5/h6-8,13,17H,9H2,1-5H3,(H2,16,18,19). The third-order valence-electron chi connectivity index (χ3n) is 3.94. The van der Waals surface area contributed by atoms with Crippen LogP contribution in [-0.2, 0) is 14.8 Å². The number of benzene rings is 1. The van der Waals surface area contributed by atoms with E-state index < -0.39 is 10.0 Å². The van der Waals surface area contributed by atoms with Gasteiger partial charge in [0.15, 0.2) is 0 Å². The van der Waals surface area contributed by atoms with E-state index in [0.717, 1.165) is 17.7 Å². The normalized spacial score (nSPS) is 24.0. The summed E-state index contributed by atoms with van der Waals surface area (Å²) in [7, 11) is -3.70. The summed E-state index contributed by atoms with van der Waals surface area (Å²) in [6.45, 7) is 10.1. The summed E-state index contributed by atoms with van der Waals surface area (Å²) < 4.78 is 29.0. The molecule has 0 aliphatic carbocycles. The molecule has 0 radical (unpaired) electrons. The largest absolute Gasteiger partial charge is 0.379 e. The van der Waals surface area contributed by atoms with Crippen molar-refractivity contribution in [1.82, 2.24) is 0 Å². The molecular formula is C15H24N2O3S. The van der Waals surface area contributed by atoms with E-state index in [-0.39, 0.29) is 22.1 Å². The zero-order chi connectivity index (χ0) is 16.1. The summed E-state index contributed by atoms with van der Waals surface area (Å²) in [6, 6.07) is 4.97. The monoisotopic (exact) mass is 312 g/mol. The second-order valence-electron chi connectivity index (χ2n) is 6.89. The average Bonchev–Trinajstić information content (AvgIpc) is 2.48. The zero-order valence-corrected chi connectivity index (χ0v) is 14.0. The third kappa shape index (κ3) is 3.56. The number of nitrogens with two attached hydrogens (primary N) is 1. The minimum Gasteiger partial charge on any atom is -0.379 e. The number of ether oxygens (including phenoxy) is 1. The van der Waals surface area contributed by atoms with E-state index in [0.29, 0.717) is 0 Å². The van der Waals surface area contributed by atoms with Crippen LogP contribution in [0.25, 0.3) is 0 Å². The number of hydrogen-bond acceptors (Lipinski definition) is 4. The van der Waals surface area contributed by atoms with Crippen LogP contribution in [0.1, 0.15) is 39.7 Å². The Morgan fingerprint density at radius 1 is 1.29 bits per heavy atom. The van der Waals surface area contributed by atoms with Crippen molar-refractivity contribution in [3.8, 4) is 0 Å². The first-order chi connectivity index (χ1) is 9.41. The van der Waals surface area contributed by atoms with Gasteiger partial charge in [0, 0.05) is 5.69 Å². The molecule has 1 aliphatic heterocycles. The van der Waals surface area contributed by atoms with Crippen LogP contribution in [0.15, 0.2) is 23.1 Å². The molecule has 0 saturated carbocycles. The van der Waals surface area contributed by atoms with Crippen LogP contribution in [0.4, 0.5) is 5.69 Å². The number of anilines is 1. The molecule has 6 heteroatoms. The lowest BCUT2D eigenvalue weighted by Gasteiger charge is -2.29. The number of aryl methyl sites for hydroxylation is 1. The van der Waals surface area contributed by atoms with Gasteiger partial charge in [-0.1, -0.05) is 6.07 Å². The Morgan fingerprint density at radius 3 is 2.38 bits per heavy atom. The van der Waals surface area contributed by atoms with Gasteiger partial charge in [0.2, 0.25) is 10.0 Å². The number of nitrogens with one attached hydrogen (secondary N) is 1. The van der Waals surface area contributed by atoms with Crippen molar-refractivity contribution in [2.24, 2.45) is 5.14 Å². The lowest BCUT2D eigenvalue weighted by Crippen LogP contribution is -2.38. The highest BCUT2D eigenvalue weighted by atomic mass is 32.2. The topological polar surface area (TPSA) is 81.4 Å².